The summed E-state index contributed by atoms with van der Waals surface area (Å²) < 4.78 is 0. The maximum atomic E-state index is 4.80. The van der Waals surface area contributed by atoms with Gasteiger partial charge in [0.25, 0.3) is 0 Å². The number of fused-ring (bicyclic) bond motifs is 1. The van der Waals surface area contributed by atoms with E-state index in [4.69, 9.17) is 9.97 Å². The SMILES string of the molecule is Cc1ccc(Nc2cc(C)c3nc(Nc4cc(CCN5CCN(C)CC5)ccn4)sc3n2)cc1. The van der Waals surface area contributed by atoms with Gasteiger partial charge in [0, 0.05) is 44.6 Å². The standard InChI is InChI=1S/C26H31N7S/c1-18-4-6-21(7-5-18)28-23-16-19(2)24-25(29-23)34-26(31-24)30-22-17-20(8-10-27-22)9-11-33-14-12-32(3)13-15-33/h4-8,10,16-17H,9,11-15H2,1-3H3,(H,28,29)(H,27,30,31). The van der Waals surface area contributed by atoms with E-state index in [1.807, 2.05) is 12.3 Å². The highest BCUT2D eigenvalue weighted by atomic mass is 32.1. The first-order valence-corrected chi connectivity index (χ1v) is 12.6. The molecule has 4 heterocycles. The van der Waals surface area contributed by atoms with Gasteiger partial charge in [-0.05, 0) is 68.8 Å². The molecule has 1 aliphatic heterocycles. The van der Waals surface area contributed by atoms with Gasteiger partial charge in [-0.3, -0.25) is 0 Å². The molecule has 3 aromatic heterocycles. The summed E-state index contributed by atoms with van der Waals surface area (Å²) in [6.45, 7) is 9.83. The van der Waals surface area contributed by atoms with Crippen LogP contribution in [0.25, 0.3) is 10.3 Å². The highest BCUT2D eigenvalue weighted by Crippen LogP contribution is 2.31. The van der Waals surface area contributed by atoms with Crippen LogP contribution in [0.5, 0.6) is 0 Å². The molecule has 176 valence electrons. The van der Waals surface area contributed by atoms with Gasteiger partial charge < -0.3 is 20.4 Å². The number of hydrogen-bond acceptors (Lipinski definition) is 8. The number of rotatable bonds is 7. The highest BCUT2D eigenvalue weighted by molar-refractivity contribution is 7.21. The van der Waals surface area contributed by atoms with Crippen molar-refractivity contribution in [3.8, 4) is 0 Å². The van der Waals surface area contributed by atoms with Gasteiger partial charge in [-0.25, -0.2) is 15.0 Å². The molecule has 4 aromatic rings. The molecule has 1 aromatic carbocycles. The Morgan fingerprint density at radius 2 is 1.71 bits per heavy atom. The van der Waals surface area contributed by atoms with Gasteiger partial charge >= 0.3 is 0 Å². The van der Waals surface area contributed by atoms with Crippen molar-refractivity contribution in [1.82, 2.24) is 24.8 Å². The normalized spacial score (nSPS) is 15.0. The molecule has 1 fully saturated rings. The first kappa shape index (κ1) is 22.7. The average Bonchev–Trinajstić information content (AvgIpc) is 3.23. The number of benzene rings is 1. The van der Waals surface area contributed by atoms with E-state index in [-0.39, 0.29) is 0 Å². The Morgan fingerprint density at radius 1 is 0.912 bits per heavy atom. The molecule has 7 nitrogen and oxygen atoms in total. The summed E-state index contributed by atoms with van der Waals surface area (Å²) >= 11 is 1.55. The molecule has 0 radical (unpaired) electrons. The van der Waals surface area contributed by atoms with Gasteiger partial charge in [0.2, 0.25) is 0 Å². The molecule has 0 bridgehead atoms. The minimum absolute atomic E-state index is 0.807. The third-order valence-corrected chi connectivity index (χ3v) is 7.12. The Hall–Kier alpha value is -3.07. The van der Waals surface area contributed by atoms with Crippen LogP contribution in [0.1, 0.15) is 16.7 Å². The van der Waals surface area contributed by atoms with E-state index in [2.05, 4.69) is 82.7 Å². The summed E-state index contributed by atoms with van der Waals surface area (Å²) in [6.07, 6.45) is 2.90. The maximum Gasteiger partial charge on any atom is 0.190 e. The Morgan fingerprint density at radius 3 is 2.50 bits per heavy atom. The second-order valence-electron chi connectivity index (χ2n) is 9.06. The minimum atomic E-state index is 0.807. The lowest BCUT2D eigenvalue weighted by Crippen LogP contribution is -2.45. The molecule has 8 heteroatoms. The lowest BCUT2D eigenvalue weighted by molar-refractivity contribution is 0.155. The maximum absolute atomic E-state index is 4.80. The zero-order valence-corrected chi connectivity index (χ0v) is 20.8. The molecular formula is C26H31N7S. The molecule has 5 rings (SSSR count). The minimum Gasteiger partial charge on any atom is -0.340 e. The van der Waals surface area contributed by atoms with Crippen molar-refractivity contribution in [3.05, 3.63) is 65.4 Å². The van der Waals surface area contributed by atoms with E-state index in [1.165, 1.54) is 11.1 Å². The molecule has 1 aliphatic rings. The topological polar surface area (TPSA) is 69.2 Å². The Balaban J connectivity index is 1.27. The number of likely N-dealkylation sites (N-methyl/N-ethyl adjacent to an activating group) is 1. The number of nitrogens with zero attached hydrogens (tertiary/aromatic N) is 5. The van der Waals surface area contributed by atoms with Crippen LogP contribution < -0.4 is 10.6 Å². The van der Waals surface area contributed by atoms with E-state index in [1.54, 1.807) is 11.3 Å². The molecule has 0 aliphatic carbocycles. The van der Waals surface area contributed by atoms with E-state index >= 15 is 0 Å². The third kappa shape index (κ3) is 5.52. The molecule has 0 amide bonds. The fraction of sp³-hybridized carbons (Fsp3) is 0.346. The number of nitrogens with one attached hydrogen (secondary N) is 2. The van der Waals surface area contributed by atoms with Gasteiger partial charge in [0.05, 0.1) is 0 Å². The number of aromatic nitrogens is 3. The largest absolute Gasteiger partial charge is 0.340 e. The molecule has 0 spiro atoms. The Labute approximate surface area is 204 Å². The van der Waals surface area contributed by atoms with Gasteiger partial charge in [-0.15, -0.1) is 0 Å². The zero-order chi connectivity index (χ0) is 23.5. The second kappa shape index (κ2) is 10.0. The van der Waals surface area contributed by atoms with Crippen LogP contribution in [0.4, 0.5) is 22.5 Å². The van der Waals surface area contributed by atoms with Crippen molar-refractivity contribution < 1.29 is 0 Å². The summed E-state index contributed by atoms with van der Waals surface area (Å²) in [5.41, 5.74) is 5.57. The van der Waals surface area contributed by atoms with Gasteiger partial charge in [-0.2, -0.15) is 0 Å². The summed E-state index contributed by atoms with van der Waals surface area (Å²) in [6, 6.07) is 14.6. The first-order chi connectivity index (χ1) is 16.5. The molecule has 34 heavy (non-hydrogen) atoms. The van der Waals surface area contributed by atoms with Gasteiger partial charge in [0.1, 0.15) is 22.0 Å². The first-order valence-electron chi connectivity index (χ1n) is 11.8. The number of anilines is 4. The van der Waals surface area contributed by atoms with Crippen LogP contribution in [-0.2, 0) is 6.42 Å². The predicted octanol–water partition coefficient (Wildman–Crippen LogP) is 4.98. The highest BCUT2D eigenvalue weighted by Gasteiger charge is 2.14. The smallest absolute Gasteiger partial charge is 0.190 e. The third-order valence-electron chi connectivity index (χ3n) is 6.25. The monoisotopic (exact) mass is 473 g/mol. The number of hydrogen-bond donors (Lipinski definition) is 2. The molecule has 1 saturated heterocycles. The molecule has 2 N–H and O–H groups in total. The summed E-state index contributed by atoms with van der Waals surface area (Å²) in [7, 11) is 2.19. The van der Waals surface area contributed by atoms with Crippen molar-refractivity contribution in [1.29, 1.82) is 0 Å². The molecule has 0 saturated carbocycles. The number of piperazine rings is 1. The Kier molecular flexibility index (Phi) is 6.71. The van der Waals surface area contributed by atoms with Crippen molar-refractivity contribution in [2.75, 3.05) is 50.4 Å². The van der Waals surface area contributed by atoms with E-state index < -0.39 is 0 Å². The summed E-state index contributed by atoms with van der Waals surface area (Å²) in [5.74, 6) is 1.65. The quantitative estimate of drug-likeness (QED) is 0.392. The fourth-order valence-electron chi connectivity index (χ4n) is 4.13. The Bertz CT molecular complexity index is 1260. The van der Waals surface area contributed by atoms with E-state index in [0.29, 0.717) is 0 Å². The lowest BCUT2D eigenvalue weighted by atomic mass is 10.1. The van der Waals surface area contributed by atoms with Gasteiger partial charge in [0.15, 0.2) is 5.13 Å². The number of thiazole rings is 1. The van der Waals surface area contributed by atoms with Crippen molar-refractivity contribution in [2.45, 2.75) is 20.3 Å². The van der Waals surface area contributed by atoms with Crippen molar-refractivity contribution in [3.63, 3.8) is 0 Å². The zero-order valence-electron chi connectivity index (χ0n) is 20.0. The molecule has 0 atom stereocenters. The predicted molar refractivity (Wildman–Crippen MR) is 142 cm³/mol. The van der Waals surface area contributed by atoms with Crippen LogP contribution in [0.3, 0.4) is 0 Å². The second-order valence-corrected chi connectivity index (χ2v) is 10.0. The van der Waals surface area contributed by atoms with Crippen molar-refractivity contribution >= 4 is 44.1 Å². The fourth-order valence-corrected chi connectivity index (χ4v) is 5.05. The molecular weight excluding hydrogens is 442 g/mol. The number of aryl methyl sites for hydroxylation is 2. The van der Waals surface area contributed by atoms with Crippen LogP contribution in [0.15, 0.2) is 48.7 Å². The van der Waals surface area contributed by atoms with E-state index in [0.717, 1.165) is 77.5 Å². The van der Waals surface area contributed by atoms with Crippen LogP contribution in [-0.4, -0.2) is 64.5 Å². The van der Waals surface area contributed by atoms with Gasteiger partial charge in [-0.1, -0.05) is 29.0 Å². The summed E-state index contributed by atoms with van der Waals surface area (Å²) in [4.78, 5) is 19.9. The van der Waals surface area contributed by atoms with Crippen molar-refractivity contribution in [2.24, 2.45) is 0 Å². The van der Waals surface area contributed by atoms with Crippen LogP contribution >= 0.6 is 11.3 Å². The van der Waals surface area contributed by atoms with Crippen LogP contribution in [0.2, 0.25) is 0 Å². The summed E-state index contributed by atoms with van der Waals surface area (Å²) in [5, 5.41) is 7.61. The number of pyridine rings is 2. The molecule has 0 unspecified atom stereocenters. The average molecular weight is 474 g/mol. The van der Waals surface area contributed by atoms with E-state index in [9.17, 15) is 0 Å². The van der Waals surface area contributed by atoms with Crippen LogP contribution in [0, 0.1) is 13.8 Å². The lowest BCUT2D eigenvalue weighted by Gasteiger charge is -2.32.